The van der Waals surface area contributed by atoms with E-state index in [1.165, 1.54) is 5.56 Å². The van der Waals surface area contributed by atoms with E-state index < -0.39 is 0 Å². The number of benzene rings is 2. The lowest BCUT2D eigenvalue weighted by molar-refractivity contribution is -0.121. The van der Waals surface area contributed by atoms with Gasteiger partial charge < -0.3 is 5.32 Å². The molecule has 146 valence electrons. The fraction of sp³-hybridized carbons (Fsp3) is 0.318. The molecule has 0 bridgehead atoms. The number of carbonyl (C=O) groups excluding carboxylic acids is 1. The second-order valence-corrected chi connectivity index (χ2v) is 8.08. The molecule has 1 heterocycles. The summed E-state index contributed by atoms with van der Waals surface area (Å²) in [5.41, 5.74) is 3.27. The number of aromatic nitrogens is 3. The molecule has 3 aromatic rings. The number of hydrogen-bond donors (Lipinski definition) is 1. The van der Waals surface area contributed by atoms with Crippen molar-refractivity contribution >= 4 is 17.7 Å². The molecule has 0 spiro atoms. The van der Waals surface area contributed by atoms with Crippen LogP contribution >= 0.6 is 11.8 Å². The van der Waals surface area contributed by atoms with E-state index in [1.54, 1.807) is 11.8 Å². The van der Waals surface area contributed by atoms with Gasteiger partial charge in [0.1, 0.15) is 0 Å². The number of amides is 1. The first-order valence-electron chi connectivity index (χ1n) is 9.54. The number of rotatable bonds is 8. The molecule has 0 fully saturated rings. The van der Waals surface area contributed by atoms with Crippen molar-refractivity contribution in [2.75, 3.05) is 5.75 Å². The summed E-state index contributed by atoms with van der Waals surface area (Å²) in [7, 11) is 0. The summed E-state index contributed by atoms with van der Waals surface area (Å²) < 4.78 is 2.09. The Morgan fingerprint density at radius 1 is 1.07 bits per heavy atom. The first-order valence-corrected chi connectivity index (χ1v) is 10.5. The third-order valence-electron chi connectivity index (χ3n) is 4.19. The van der Waals surface area contributed by atoms with Crippen LogP contribution in [0.2, 0.25) is 0 Å². The Morgan fingerprint density at radius 2 is 1.79 bits per heavy atom. The molecular formula is C22H26N4OS. The summed E-state index contributed by atoms with van der Waals surface area (Å²) in [4.78, 5) is 11.8. The highest BCUT2D eigenvalue weighted by Crippen LogP contribution is 2.28. The molecule has 0 aliphatic rings. The standard InChI is InChI=1S/C22H26N4OS/c1-16(2)23-20(27)10-7-15-28-22-25-24-21(18-8-5-4-6-9-18)26(22)19-13-11-17(3)12-14-19/h4-6,8-9,11-14,16H,7,10,15H2,1-3H3,(H,23,27). The molecule has 0 unspecified atom stereocenters. The highest BCUT2D eigenvalue weighted by Gasteiger charge is 2.16. The summed E-state index contributed by atoms with van der Waals surface area (Å²) in [5.74, 6) is 1.73. The highest BCUT2D eigenvalue weighted by atomic mass is 32.2. The van der Waals surface area contributed by atoms with Crippen molar-refractivity contribution in [3.63, 3.8) is 0 Å². The number of aryl methyl sites for hydroxylation is 1. The predicted octanol–water partition coefficient (Wildman–Crippen LogP) is 4.64. The molecule has 0 aliphatic carbocycles. The minimum Gasteiger partial charge on any atom is -0.354 e. The SMILES string of the molecule is Cc1ccc(-n2c(SCCCC(=O)NC(C)C)nnc2-c2ccccc2)cc1. The van der Waals surface area contributed by atoms with Gasteiger partial charge in [-0.25, -0.2) is 0 Å². The molecule has 0 aliphatic heterocycles. The molecule has 0 saturated carbocycles. The molecule has 5 nitrogen and oxygen atoms in total. The minimum atomic E-state index is 0.0978. The molecular weight excluding hydrogens is 368 g/mol. The number of carbonyl (C=O) groups is 1. The third-order valence-corrected chi connectivity index (χ3v) is 5.20. The van der Waals surface area contributed by atoms with Crippen molar-refractivity contribution in [3.05, 3.63) is 60.2 Å². The van der Waals surface area contributed by atoms with Gasteiger partial charge >= 0.3 is 0 Å². The highest BCUT2D eigenvalue weighted by molar-refractivity contribution is 7.99. The van der Waals surface area contributed by atoms with Gasteiger partial charge in [0.25, 0.3) is 0 Å². The van der Waals surface area contributed by atoms with E-state index in [0.29, 0.717) is 6.42 Å². The van der Waals surface area contributed by atoms with Crippen molar-refractivity contribution in [1.82, 2.24) is 20.1 Å². The van der Waals surface area contributed by atoms with Crippen molar-refractivity contribution in [1.29, 1.82) is 0 Å². The molecule has 6 heteroatoms. The Bertz CT molecular complexity index is 904. The van der Waals surface area contributed by atoms with Gasteiger partial charge in [-0.05, 0) is 39.3 Å². The van der Waals surface area contributed by atoms with Crippen LogP contribution in [-0.4, -0.2) is 32.5 Å². The summed E-state index contributed by atoms with van der Waals surface area (Å²) in [6.45, 7) is 6.02. The van der Waals surface area contributed by atoms with Crippen LogP contribution in [0.1, 0.15) is 32.3 Å². The fourth-order valence-corrected chi connectivity index (χ4v) is 3.75. The van der Waals surface area contributed by atoms with Crippen molar-refractivity contribution in [2.24, 2.45) is 0 Å². The molecule has 2 aromatic carbocycles. The lowest BCUT2D eigenvalue weighted by Crippen LogP contribution is -2.29. The van der Waals surface area contributed by atoms with Crippen molar-refractivity contribution in [3.8, 4) is 17.1 Å². The topological polar surface area (TPSA) is 59.8 Å². The second kappa shape index (κ2) is 9.55. The fourth-order valence-electron chi connectivity index (χ4n) is 2.85. The normalized spacial score (nSPS) is 11.0. The molecule has 1 aromatic heterocycles. The van der Waals surface area contributed by atoms with Gasteiger partial charge in [0, 0.05) is 29.5 Å². The minimum absolute atomic E-state index is 0.0978. The Hall–Kier alpha value is -2.60. The second-order valence-electron chi connectivity index (χ2n) is 7.02. The number of nitrogens with one attached hydrogen (secondary N) is 1. The molecule has 0 atom stereocenters. The zero-order valence-corrected chi connectivity index (χ0v) is 17.4. The Balaban J connectivity index is 1.78. The van der Waals surface area contributed by atoms with Crippen LogP contribution in [-0.2, 0) is 4.79 Å². The van der Waals surface area contributed by atoms with Gasteiger partial charge in [-0.15, -0.1) is 10.2 Å². The Labute approximate surface area is 170 Å². The van der Waals surface area contributed by atoms with E-state index in [2.05, 4.69) is 51.3 Å². The quantitative estimate of drug-likeness (QED) is 0.447. The van der Waals surface area contributed by atoms with Crippen LogP contribution in [0.5, 0.6) is 0 Å². The first kappa shape index (κ1) is 20.1. The van der Waals surface area contributed by atoms with E-state index in [9.17, 15) is 4.79 Å². The van der Waals surface area contributed by atoms with Crippen LogP contribution in [0, 0.1) is 6.92 Å². The number of thioether (sulfide) groups is 1. The maximum absolute atomic E-state index is 11.8. The molecule has 1 N–H and O–H groups in total. The molecule has 0 radical (unpaired) electrons. The van der Waals surface area contributed by atoms with E-state index in [1.807, 2.05) is 44.2 Å². The largest absolute Gasteiger partial charge is 0.354 e. The van der Waals surface area contributed by atoms with Crippen LogP contribution < -0.4 is 5.32 Å². The molecule has 3 rings (SSSR count). The summed E-state index contributed by atoms with van der Waals surface area (Å²) in [5, 5.41) is 12.7. The van der Waals surface area contributed by atoms with Gasteiger partial charge in [0.15, 0.2) is 11.0 Å². The van der Waals surface area contributed by atoms with Crippen LogP contribution in [0.3, 0.4) is 0 Å². The molecule has 28 heavy (non-hydrogen) atoms. The van der Waals surface area contributed by atoms with E-state index in [-0.39, 0.29) is 11.9 Å². The molecule has 1 amide bonds. The smallest absolute Gasteiger partial charge is 0.220 e. The summed E-state index contributed by atoms with van der Waals surface area (Å²) >= 11 is 1.63. The van der Waals surface area contributed by atoms with Gasteiger partial charge in [-0.1, -0.05) is 59.8 Å². The van der Waals surface area contributed by atoms with Crippen molar-refractivity contribution in [2.45, 2.75) is 44.8 Å². The maximum atomic E-state index is 11.8. The average Bonchev–Trinajstić information content (AvgIpc) is 3.10. The lowest BCUT2D eigenvalue weighted by Gasteiger charge is -2.11. The van der Waals surface area contributed by atoms with E-state index in [4.69, 9.17) is 0 Å². The van der Waals surface area contributed by atoms with Gasteiger partial charge in [0.05, 0.1) is 0 Å². The predicted molar refractivity (Wildman–Crippen MR) is 115 cm³/mol. The first-order chi connectivity index (χ1) is 13.5. The monoisotopic (exact) mass is 394 g/mol. The van der Waals surface area contributed by atoms with Crippen molar-refractivity contribution < 1.29 is 4.79 Å². The summed E-state index contributed by atoms with van der Waals surface area (Å²) in [6.07, 6.45) is 1.32. The number of hydrogen-bond acceptors (Lipinski definition) is 4. The Kier molecular flexibility index (Phi) is 6.87. The molecule has 0 saturated heterocycles. The van der Waals surface area contributed by atoms with E-state index >= 15 is 0 Å². The van der Waals surface area contributed by atoms with Crippen LogP contribution in [0.25, 0.3) is 17.1 Å². The third kappa shape index (κ3) is 5.23. The maximum Gasteiger partial charge on any atom is 0.220 e. The van der Waals surface area contributed by atoms with E-state index in [0.717, 1.165) is 34.4 Å². The van der Waals surface area contributed by atoms with Gasteiger partial charge in [0.2, 0.25) is 5.91 Å². The average molecular weight is 395 g/mol. The van der Waals surface area contributed by atoms with Crippen LogP contribution in [0.15, 0.2) is 59.8 Å². The zero-order valence-electron chi connectivity index (χ0n) is 16.6. The number of nitrogens with zero attached hydrogens (tertiary/aromatic N) is 3. The van der Waals surface area contributed by atoms with Gasteiger partial charge in [-0.2, -0.15) is 0 Å². The van der Waals surface area contributed by atoms with Crippen LogP contribution in [0.4, 0.5) is 0 Å². The zero-order chi connectivity index (χ0) is 19.9. The lowest BCUT2D eigenvalue weighted by atomic mass is 10.2. The Morgan fingerprint density at radius 3 is 2.46 bits per heavy atom. The summed E-state index contributed by atoms with van der Waals surface area (Å²) in [6, 6.07) is 18.6. The van der Waals surface area contributed by atoms with Gasteiger partial charge in [-0.3, -0.25) is 9.36 Å².